The molecule has 0 aromatic heterocycles. The van der Waals surface area contributed by atoms with E-state index in [0.29, 0.717) is 6.42 Å². The maximum atomic E-state index is 12.3. The molecular formula is C18H19NO. The molecule has 1 aliphatic rings. The molecule has 2 heteroatoms. The largest absolute Gasteiger partial charge is 0.331 e. The van der Waals surface area contributed by atoms with Crippen molar-refractivity contribution in [1.82, 2.24) is 4.90 Å². The van der Waals surface area contributed by atoms with Gasteiger partial charge < -0.3 is 4.90 Å². The van der Waals surface area contributed by atoms with Crippen LogP contribution in [0.25, 0.3) is 0 Å². The molecule has 0 saturated carbocycles. The molecule has 2 aromatic rings. The molecule has 20 heavy (non-hydrogen) atoms. The van der Waals surface area contributed by atoms with Crippen LogP contribution in [0.15, 0.2) is 54.6 Å². The van der Waals surface area contributed by atoms with Crippen molar-refractivity contribution in [3.05, 3.63) is 71.3 Å². The van der Waals surface area contributed by atoms with Crippen LogP contribution in [-0.2, 0) is 11.2 Å². The molecule has 0 spiro atoms. The van der Waals surface area contributed by atoms with Gasteiger partial charge in [-0.3, -0.25) is 4.79 Å². The standard InChI is InChI=1S/C18H19NO/c1-2-17(20)19-13-12-14-8-6-7-11-16(14)18(19)15-9-4-3-5-10-15/h3-11,18H,2,12-13H2,1H3. The normalized spacial score (nSPS) is 17.6. The molecule has 0 radical (unpaired) electrons. The zero-order valence-corrected chi connectivity index (χ0v) is 11.8. The monoisotopic (exact) mass is 265 g/mol. The van der Waals surface area contributed by atoms with E-state index < -0.39 is 0 Å². The topological polar surface area (TPSA) is 20.3 Å². The molecule has 0 N–H and O–H groups in total. The summed E-state index contributed by atoms with van der Waals surface area (Å²) in [5.41, 5.74) is 3.83. The maximum Gasteiger partial charge on any atom is 0.223 e. The number of carbonyl (C=O) groups excluding carboxylic acids is 1. The van der Waals surface area contributed by atoms with Crippen molar-refractivity contribution in [2.75, 3.05) is 6.54 Å². The van der Waals surface area contributed by atoms with Crippen LogP contribution in [0.2, 0.25) is 0 Å². The Hall–Kier alpha value is -2.09. The minimum atomic E-state index is 0.0635. The van der Waals surface area contributed by atoms with E-state index in [1.807, 2.05) is 30.0 Å². The van der Waals surface area contributed by atoms with E-state index in [4.69, 9.17) is 0 Å². The summed E-state index contributed by atoms with van der Waals surface area (Å²) >= 11 is 0. The Labute approximate surface area is 120 Å². The summed E-state index contributed by atoms with van der Waals surface area (Å²) in [5, 5.41) is 0. The third kappa shape index (κ3) is 2.22. The smallest absolute Gasteiger partial charge is 0.223 e. The third-order valence-corrected chi connectivity index (χ3v) is 4.02. The van der Waals surface area contributed by atoms with Crippen molar-refractivity contribution < 1.29 is 4.79 Å². The summed E-state index contributed by atoms with van der Waals surface area (Å²) in [7, 11) is 0. The minimum Gasteiger partial charge on any atom is -0.331 e. The van der Waals surface area contributed by atoms with Gasteiger partial charge in [0.15, 0.2) is 0 Å². The number of nitrogens with zero attached hydrogens (tertiary/aromatic N) is 1. The fraction of sp³-hybridized carbons (Fsp3) is 0.278. The molecule has 0 bridgehead atoms. The average molecular weight is 265 g/mol. The highest BCUT2D eigenvalue weighted by Crippen LogP contribution is 2.35. The molecule has 0 saturated heterocycles. The first-order valence-corrected chi connectivity index (χ1v) is 7.23. The summed E-state index contributed by atoms with van der Waals surface area (Å²) in [6, 6.07) is 18.9. The molecule has 0 aliphatic carbocycles. The van der Waals surface area contributed by atoms with E-state index in [-0.39, 0.29) is 11.9 Å². The Bertz CT molecular complexity index is 606. The first-order valence-electron chi connectivity index (χ1n) is 7.23. The number of amides is 1. The number of hydrogen-bond donors (Lipinski definition) is 0. The highest BCUT2D eigenvalue weighted by Gasteiger charge is 2.30. The zero-order valence-electron chi connectivity index (χ0n) is 11.8. The van der Waals surface area contributed by atoms with Crippen molar-refractivity contribution in [2.24, 2.45) is 0 Å². The van der Waals surface area contributed by atoms with Crippen LogP contribution in [0.5, 0.6) is 0 Å². The van der Waals surface area contributed by atoms with Crippen molar-refractivity contribution >= 4 is 5.91 Å². The average Bonchev–Trinajstić information content (AvgIpc) is 2.53. The maximum absolute atomic E-state index is 12.3. The lowest BCUT2D eigenvalue weighted by molar-refractivity contribution is -0.132. The highest BCUT2D eigenvalue weighted by molar-refractivity contribution is 5.77. The molecule has 1 aliphatic heterocycles. The van der Waals surface area contributed by atoms with Crippen LogP contribution in [0.4, 0.5) is 0 Å². The molecule has 0 fully saturated rings. The first-order chi connectivity index (χ1) is 9.81. The van der Waals surface area contributed by atoms with Gasteiger partial charge in [-0.2, -0.15) is 0 Å². The van der Waals surface area contributed by atoms with E-state index >= 15 is 0 Å². The van der Waals surface area contributed by atoms with Gasteiger partial charge in [-0.25, -0.2) is 0 Å². The zero-order chi connectivity index (χ0) is 13.9. The second-order valence-electron chi connectivity index (χ2n) is 5.20. The Balaban J connectivity index is 2.10. The summed E-state index contributed by atoms with van der Waals surface area (Å²) in [5.74, 6) is 0.230. The molecule has 1 heterocycles. The lowest BCUT2D eigenvalue weighted by Crippen LogP contribution is -2.40. The van der Waals surface area contributed by atoms with Crippen LogP contribution in [-0.4, -0.2) is 17.4 Å². The number of carbonyl (C=O) groups is 1. The van der Waals surface area contributed by atoms with Gasteiger partial charge in [-0.15, -0.1) is 0 Å². The summed E-state index contributed by atoms with van der Waals surface area (Å²) in [6.45, 7) is 2.74. The van der Waals surface area contributed by atoms with Crippen LogP contribution in [0.3, 0.4) is 0 Å². The molecule has 1 amide bonds. The molecule has 102 valence electrons. The summed E-state index contributed by atoms with van der Waals surface area (Å²) < 4.78 is 0. The van der Waals surface area contributed by atoms with Gasteiger partial charge in [0.05, 0.1) is 6.04 Å². The van der Waals surface area contributed by atoms with Gasteiger partial charge in [0.1, 0.15) is 0 Å². The second kappa shape index (κ2) is 5.49. The fourth-order valence-electron chi connectivity index (χ4n) is 3.03. The lowest BCUT2D eigenvalue weighted by Gasteiger charge is -2.37. The van der Waals surface area contributed by atoms with Gasteiger partial charge in [-0.1, -0.05) is 61.5 Å². The number of fused-ring (bicyclic) bond motifs is 1. The molecule has 1 unspecified atom stereocenters. The van der Waals surface area contributed by atoms with E-state index in [1.165, 1.54) is 16.7 Å². The van der Waals surface area contributed by atoms with Crippen molar-refractivity contribution in [3.8, 4) is 0 Å². The van der Waals surface area contributed by atoms with Crippen LogP contribution in [0, 0.1) is 0 Å². The lowest BCUT2D eigenvalue weighted by atomic mass is 9.88. The van der Waals surface area contributed by atoms with Crippen LogP contribution in [0.1, 0.15) is 36.1 Å². The third-order valence-electron chi connectivity index (χ3n) is 4.02. The van der Waals surface area contributed by atoms with E-state index in [2.05, 4.69) is 36.4 Å². The minimum absolute atomic E-state index is 0.0635. The van der Waals surface area contributed by atoms with E-state index in [9.17, 15) is 4.79 Å². The SMILES string of the molecule is CCC(=O)N1CCc2ccccc2C1c1ccccc1. The Kier molecular flexibility index (Phi) is 3.55. The molecule has 2 nitrogen and oxygen atoms in total. The molecule has 1 atom stereocenters. The second-order valence-corrected chi connectivity index (χ2v) is 5.20. The fourth-order valence-corrected chi connectivity index (χ4v) is 3.03. The molecular weight excluding hydrogens is 246 g/mol. The van der Waals surface area contributed by atoms with Gasteiger partial charge in [0.25, 0.3) is 0 Å². The predicted molar refractivity (Wildman–Crippen MR) is 80.4 cm³/mol. The predicted octanol–water partition coefficient (Wildman–Crippen LogP) is 3.57. The quantitative estimate of drug-likeness (QED) is 0.813. The number of benzene rings is 2. The first kappa shape index (κ1) is 12.9. The van der Waals surface area contributed by atoms with Crippen molar-refractivity contribution in [2.45, 2.75) is 25.8 Å². The van der Waals surface area contributed by atoms with Crippen molar-refractivity contribution in [1.29, 1.82) is 0 Å². The van der Waals surface area contributed by atoms with Crippen LogP contribution >= 0.6 is 0 Å². The number of hydrogen-bond acceptors (Lipinski definition) is 1. The van der Waals surface area contributed by atoms with Gasteiger partial charge in [-0.05, 0) is 23.1 Å². The Morgan fingerprint density at radius 2 is 1.80 bits per heavy atom. The Morgan fingerprint density at radius 3 is 2.55 bits per heavy atom. The van der Waals surface area contributed by atoms with E-state index in [0.717, 1.165) is 13.0 Å². The van der Waals surface area contributed by atoms with Gasteiger partial charge in [0, 0.05) is 13.0 Å². The molecule has 2 aromatic carbocycles. The Morgan fingerprint density at radius 1 is 1.10 bits per heavy atom. The number of rotatable bonds is 2. The van der Waals surface area contributed by atoms with Gasteiger partial charge in [0.2, 0.25) is 5.91 Å². The summed E-state index contributed by atoms with van der Waals surface area (Å²) in [4.78, 5) is 14.3. The summed E-state index contributed by atoms with van der Waals surface area (Å²) in [6.07, 6.45) is 1.51. The highest BCUT2D eigenvalue weighted by atomic mass is 16.2. The van der Waals surface area contributed by atoms with E-state index in [1.54, 1.807) is 0 Å². The van der Waals surface area contributed by atoms with Gasteiger partial charge >= 0.3 is 0 Å². The van der Waals surface area contributed by atoms with Crippen LogP contribution < -0.4 is 0 Å². The molecule has 3 rings (SSSR count). The van der Waals surface area contributed by atoms with Crippen molar-refractivity contribution in [3.63, 3.8) is 0 Å².